The molecule has 3 rings (SSSR count). The number of aromatic nitrogens is 1. The predicted octanol–water partition coefficient (Wildman–Crippen LogP) is 3.66. The Balaban J connectivity index is 1.88. The molecule has 0 atom stereocenters. The van der Waals surface area contributed by atoms with Gasteiger partial charge in [-0.25, -0.2) is 9.37 Å². The van der Waals surface area contributed by atoms with Crippen molar-refractivity contribution in [3.05, 3.63) is 51.7 Å². The van der Waals surface area contributed by atoms with Crippen molar-refractivity contribution >= 4 is 11.3 Å². The molecule has 0 unspecified atom stereocenters. The van der Waals surface area contributed by atoms with E-state index in [9.17, 15) is 4.39 Å². The molecule has 0 bridgehead atoms. The zero-order chi connectivity index (χ0) is 15.1. The van der Waals surface area contributed by atoms with Crippen molar-refractivity contribution < 1.29 is 4.39 Å². The normalized spacial score (nSPS) is 17.5. The maximum absolute atomic E-state index is 14.2. The van der Waals surface area contributed by atoms with Crippen LogP contribution in [-0.4, -0.2) is 18.1 Å². The van der Waals surface area contributed by atoms with Crippen molar-refractivity contribution in [2.24, 2.45) is 0 Å². The zero-order valence-electron chi connectivity index (χ0n) is 12.7. The Morgan fingerprint density at radius 2 is 2.00 bits per heavy atom. The lowest BCUT2D eigenvalue weighted by Crippen LogP contribution is -2.58. The quantitative estimate of drug-likeness (QED) is 0.936. The topological polar surface area (TPSA) is 24.9 Å². The first-order chi connectivity index (χ1) is 9.91. The fourth-order valence-electron chi connectivity index (χ4n) is 2.75. The highest BCUT2D eigenvalue weighted by Crippen LogP contribution is 2.35. The fraction of sp³-hybridized carbons (Fsp3) is 0.471. The Hall–Kier alpha value is -1.26. The molecule has 0 radical (unpaired) electrons. The molecule has 2 nitrogen and oxygen atoms in total. The van der Waals surface area contributed by atoms with Gasteiger partial charge in [0, 0.05) is 35.7 Å². The highest BCUT2D eigenvalue weighted by atomic mass is 32.1. The van der Waals surface area contributed by atoms with Crippen LogP contribution >= 0.6 is 11.3 Å². The summed E-state index contributed by atoms with van der Waals surface area (Å²) in [6.45, 7) is 8.15. The smallest absolute Gasteiger partial charge is 0.127 e. The van der Waals surface area contributed by atoms with Crippen LogP contribution in [0.3, 0.4) is 0 Å². The van der Waals surface area contributed by atoms with Gasteiger partial charge in [0.25, 0.3) is 0 Å². The van der Waals surface area contributed by atoms with Crippen LogP contribution in [0.2, 0.25) is 0 Å². The molecule has 0 spiro atoms. The van der Waals surface area contributed by atoms with E-state index < -0.39 is 0 Å². The van der Waals surface area contributed by atoms with Crippen molar-refractivity contribution in [2.75, 3.05) is 13.1 Å². The van der Waals surface area contributed by atoms with Crippen LogP contribution in [0.4, 0.5) is 4.39 Å². The lowest BCUT2D eigenvalue weighted by atomic mass is 9.72. The van der Waals surface area contributed by atoms with E-state index in [4.69, 9.17) is 4.98 Å². The van der Waals surface area contributed by atoms with E-state index in [-0.39, 0.29) is 16.6 Å². The van der Waals surface area contributed by atoms with Gasteiger partial charge in [-0.1, -0.05) is 39.0 Å². The summed E-state index contributed by atoms with van der Waals surface area (Å²) in [6.07, 6.45) is 0.807. The van der Waals surface area contributed by atoms with E-state index in [1.54, 1.807) is 23.5 Å². The second-order valence-corrected chi connectivity index (χ2v) is 7.86. The molecule has 1 aromatic carbocycles. The van der Waals surface area contributed by atoms with Gasteiger partial charge in [0.2, 0.25) is 0 Å². The Kier molecular flexibility index (Phi) is 3.62. The average molecular weight is 304 g/mol. The molecule has 0 saturated carbocycles. The van der Waals surface area contributed by atoms with E-state index in [1.807, 2.05) is 12.1 Å². The summed E-state index contributed by atoms with van der Waals surface area (Å²) in [6, 6.07) is 7.13. The second-order valence-electron chi connectivity index (χ2n) is 6.92. The van der Waals surface area contributed by atoms with Gasteiger partial charge in [0.05, 0.1) is 10.7 Å². The van der Waals surface area contributed by atoms with Crippen LogP contribution < -0.4 is 5.32 Å². The number of hydrogen-bond donors (Lipinski definition) is 1. The Morgan fingerprint density at radius 1 is 1.29 bits per heavy atom. The molecular formula is C17H21FN2S. The van der Waals surface area contributed by atoms with E-state index in [2.05, 4.69) is 31.5 Å². The van der Waals surface area contributed by atoms with Gasteiger partial charge in [-0.15, -0.1) is 11.3 Å². The first-order valence-electron chi connectivity index (χ1n) is 7.31. The second kappa shape index (κ2) is 5.18. The maximum atomic E-state index is 14.2. The molecule has 4 heteroatoms. The standard InChI is InChI=1S/C17H21FN2S/c1-16(2,3)14-9-21-15(20-14)8-17(10-19-11-17)12-6-4-5-7-13(12)18/h4-7,9,19H,8,10-11H2,1-3H3. The summed E-state index contributed by atoms with van der Waals surface area (Å²) in [5.74, 6) is -0.105. The summed E-state index contributed by atoms with van der Waals surface area (Å²) < 4.78 is 14.2. The van der Waals surface area contributed by atoms with Gasteiger partial charge in [-0.05, 0) is 11.6 Å². The van der Waals surface area contributed by atoms with Crippen molar-refractivity contribution in [1.29, 1.82) is 0 Å². The van der Waals surface area contributed by atoms with E-state index in [0.29, 0.717) is 0 Å². The van der Waals surface area contributed by atoms with Crippen molar-refractivity contribution in [1.82, 2.24) is 10.3 Å². The zero-order valence-corrected chi connectivity index (χ0v) is 13.6. The first-order valence-corrected chi connectivity index (χ1v) is 8.19. The third kappa shape index (κ3) is 2.74. The summed E-state index contributed by atoms with van der Waals surface area (Å²) >= 11 is 1.69. The molecule has 1 fully saturated rings. The number of nitrogens with one attached hydrogen (secondary N) is 1. The molecule has 1 saturated heterocycles. The summed E-state index contributed by atoms with van der Waals surface area (Å²) in [5, 5.41) is 6.53. The monoisotopic (exact) mass is 304 g/mol. The minimum absolute atomic E-state index is 0.0672. The highest BCUT2D eigenvalue weighted by Gasteiger charge is 2.41. The number of hydrogen-bond acceptors (Lipinski definition) is 3. The maximum Gasteiger partial charge on any atom is 0.127 e. The van der Waals surface area contributed by atoms with Gasteiger partial charge in [-0.2, -0.15) is 0 Å². The number of thiazole rings is 1. The van der Waals surface area contributed by atoms with Crippen molar-refractivity contribution in [3.63, 3.8) is 0 Å². The van der Waals surface area contributed by atoms with E-state index in [0.717, 1.165) is 35.8 Å². The molecule has 112 valence electrons. The number of halogens is 1. The third-order valence-electron chi connectivity index (χ3n) is 4.18. The van der Waals surface area contributed by atoms with Crippen LogP contribution in [0.5, 0.6) is 0 Å². The molecule has 21 heavy (non-hydrogen) atoms. The molecule has 2 heterocycles. The molecule has 1 aromatic heterocycles. The Bertz CT molecular complexity index is 638. The molecule has 1 N–H and O–H groups in total. The summed E-state index contributed by atoms with van der Waals surface area (Å²) in [7, 11) is 0. The fourth-order valence-corrected chi connectivity index (χ4v) is 3.92. The van der Waals surface area contributed by atoms with Gasteiger partial charge >= 0.3 is 0 Å². The Labute approximate surface area is 129 Å². The lowest BCUT2D eigenvalue weighted by Gasteiger charge is -2.43. The minimum Gasteiger partial charge on any atom is -0.315 e. The lowest BCUT2D eigenvalue weighted by molar-refractivity contribution is 0.265. The molecule has 1 aliphatic heterocycles. The number of nitrogens with zero attached hydrogens (tertiary/aromatic N) is 1. The minimum atomic E-state index is -0.141. The van der Waals surface area contributed by atoms with Crippen molar-refractivity contribution in [3.8, 4) is 0 Å². The predicted molar refractivity (Wildman–Crippen MR) is 85.5 cm³/mol. The van der Waals surface area contributed by atoms with Gasteiger partial charge in [-0.3, -0.25) is 0 Å². The van der Waals surface area contributed by atoms with Crippen LogP contribution in [0.25, 0.3) is 0 Å². The van der Waals surface area contributed by atoms with Crippen LogP contribution in [0, 0.1) is 5.82 Å². The Morgan fingerprint density at radius 3 is 2.52 bits per heavy atom. The molecule has 0 amide bonds. The first kappa shape index (κ1) is 14.7. The van der Waals surface area contributed by atoms with Gasteiger partial charge in [0.1, 0.15) is 5.82 Å². The van der Waals surface area contributed by atoms with Crippen LogP contribution in [0.1, 0.15) is 37.0 Å². The third-order valence-corrected chi connectivity index (χ3v) is 5.03. The average Bonchev–Trinajstić information content (AvgIpc) is 2.83. The van der Waals surface area contributed by atoms with Crippen molar-refractivity contribution in [2.45, 2.75) is 38.0 Å². The summed E-state index contributed by atoms with van der Waals surface area (Å²) in [4.78, 5) is 4.77. The highest BCUT2D eigenvalue weighted by molar-refractivity contribution is 7.09. The number of benzene rings is 1. The number of rotatable bonds is 3. The van der Waals surface area contributed by atoms with Crippen LogP contribution in [-0.2, 0) is 17.3 Å². The molecule has 2 aromatic rings. The van der Waals surface area contributed by atoms with E-state index in [1.165, 1.54) is 0 Å². The molecule has 0 aliphatic carbocycles. The van der Waals surface area contributed by atoms with Gasteiger partial charge < -0.3 is 5.32 Å². The molecule has 1 aliphatic rings. The largest absolute Gasteiger partial charge is 0.315 e. The SMILES string of the molecule is CC(C)(C)c1csc(CC2(c3ccccc3F)CNC2)n1. The van der Waals surface area contributed by atoms with Crippen LogP contribution in [0.15, 0.2) is 29.6 Å². The summed E-state index contributed by atoms with van der Waals surface area (Å²) in [5.41, 5.74) is 1.87. The molecular weight excluding hydrogens is 283 g/mol. The van der Waals surface area contributed by atoms with E-state index >= 15 is 0 Å². The van der Waals surface area contributed by atoms with Gasteiger partial charge in [0.15, 0.2) is 0 Å².